The van der Waals surface area contributed by atoms with Gasteiger partial charge in [-0.25, -0.2) is 4.79 Å². The van der Waals surface area contributed by atoms with Crippen LogP contribution in [0.1, 0.15) is 20.1 Å². The molecule has 108 valence electrons. The maximum atomic E-state index is 11.8. The predicted octanol–water partition coefficient (Wildman–Crippen LogP) is 4.26. The van der Waals surface area contributed by atoms with Crippen molar-refractivity contribution in [1.29, 1.82) is 0 Å². The van der Waals surface area contributed by atoms with Crippen LogP contribution in [0, 0.1) is 6.92 Å². The molecule has 1 aromatic carbocycles. The molecule has 0 radical (unpaired) electrons. The first kappa shape index (κ1) is 15.7. The first-order valence-corrected chi connectivity index (χ1v) is 7.85. The Bertz CT molecular complexity index is 671. The van der Waals surface area contributed by atoms with Gasteiger partial charge in [-0.3, -0.25) is 4.79 Å². The fraction of sp³-hybridized carbons (Fsp3) is 0.125. The third kappa shape index (κ3) is 4.95. The molecule has 0 atom stereocenters. The minimum atomic E-state index is -0.528. The number of rotatable bonds is 5. The van der Waals surface area contributed by atoms with E-state index in [0.717, 1.165) is 14.9 Å². The van der Waals surface area contributed by atoms with Gasteiger partial charge in [0.25, 0.3) is 0 Å². The van der Waals surface area contributed by atoms with Crippen molar-refractivity contribution in [3.8, 4) is 0 Å². The lowest BCUT2D eigenvalue weighted by Crippen LogP contribution is -2.11. The second-order valence-corrected chi connectivity index (χ2v) is 6.53. The van der Waals surface area contributed by atoms with E-state index in [-0.39, 0.29) is 12.4 Å². The number of Topliss-reactive ketones (excluding diaryl/α,β-unsaturated/α-hetero) is 1. The Morgan fingerprint density at radius 3 is 2.52 bits per heavy atom. The zero-order chi connectivity index (χ0) is 15.2. The number of aryl methyl sites for hydroxylation is 1. The Morgan fingerprint density at radius 2 is 1.90 bits per heavy atom. The Labute approximate surface area is 135 Å². The van der Waals surface area contributed by atoms with Crippen molar-refractivity contribution in [2.45, 2.75) is 6.92 Å². The van der Waals surface area contributed by atoms with Crippen LogP contribution in [0.4, 0.5) is 0 Å². The maximum Gasteiger partial charge on any atom is 0.331 e. The van der Waals surface area contributed by atoms with Gasteiger partial charge in [0.2, 0.25) is 5.78 Å². The summed E-state index contributed by atoms with van der Waals surface area (Å²) in [5, 5.41) is 0. The summed E-state index contributed by atoms with van der Waals surface area (Å²) in [7, 11) is 0. The van der Waals surface area contributed by atoms with Crippen molar-refractivity contribution in [3.63, 3.8) is 0 Å². The summed E-state index contributed by atoms with van der Waals surface area (Å²) in [6.45, 7) is 1.69. The van der Waals surface area contributed by atoms with Gasteiger partial charge in [-0.05, 0) is 42.8 Å². The highest BCUT2D eigenvalue weighted by molar-refractivity contribution is 9.10. The molecule has 0 spiro atoms. The molecule has 0 aliphatic rings. The van der Waals surface area contributed by atoms with Crippen LogP contribution in [-0.2, 0) is 9.53 Å². The third-order valence-electron chi connectivity index (χ3n) is 2.64. The first-order chi connectivity index (χ1) is 10.0. The van der Waals surface area contributed by atoms with Gasteiger partial charge in [0.15, 0.2) is 6.61 Å². The van der Waals surface area contributed by atoms with Gasteiger partial charge in [-0.15, -0.1) is 11.3 Å². The van der Waals surface area contributed by atoms with Crippen LogP contribution in [0.25, 0.3) is 6.08 Å². The molecule has 3 nitrogen and oxygen atoms in total. The third-order valence-corrected chi connectivity index (χ3v) is 4.21. The lowest BCUT2D eigenvalue weighted by Gasteiger charge is -1.99. The van der Waals surface area contributed by atoms with E-state index in [0.29, 0.717) is 4.88 Å². The van der Waals surface area contributed by atoms with Crippen LogP contribution in [0.5, 0.6) is 0 Å². The van der Waals surface area contributed by atoms with Crippen molar-refractivity contribution in [1.82, 2.24) is 0 Å². The molecule has 0 fully saturated rings. The molecule has 0 bridgehead atoms. The fourth-order valence-electron chi connectivity index (χ4n) is 1.58. The van der Waals surface area contributed by atoms with Crippen molar-refractivity contribution >= 4 is 45.1 Å². The zero-order valence-corrected chi connectivity index (χ0v) is 13.7. The molecule has 1 aromatic heterocycles. The monoisotopic (exact) mass is 364 g/mol. The highest BCUT2D eigenvalue weighted by atomic mass is 79.9. The number of hydrogen-bond acceptors (Lipinski definition) is 4. The second kappa shape index (κ2) is 7.33. The maximum absolute atomic E-state index is 11.8. The number of halogens is 1. The molecule has 1 heterocycles. The van der Waals surface area contributed by atoms with E-state index in [9.17, 15) is 9.59 Å². The van der Waals surface area contributed by atoms with E-state index in [1.54, 1.807) is 12.1 Å². The molecule has 5 heteroatoms. The highest BCUT2D eigenvalue weighted by Crippen LogP contribution is 2.15. The van der Waals surface area contributed by atoms with Crippen LogP contribution < -0.4 is 0 Å². The largest absolute Gasteiger partial charge is 0.454 e. The van der Waals surface area contributed by atoms with E-state index in [2.05, 4.69) is 15.9 Å². The average Bonchev–Trinajstić information content (AvgIpc) is 2.91. The number of ether oxygens (including phenoxy) is 1. The number of carbonyl (C=O) groups excluding carboxylic acids is 2. The molecular formula is C16H13BrO3S. The number of ketones is 1. The molecule has 0 saturated carbocycles. The fourth-order valence-corrected chi connectivity index (χ4v) is 2.63. The minimum absolute atomic E-state index is 0.182. The average molecular weight is 365 g/mol. The Balaban J connectivity index is 1.84. The van der Waals surface area contributed by atoms with Crippen molar-refractivity contribution in [2.24, 2.45) is 0 Å². The van der Waals surface area contributed by atoms with Crippen LogP contribution in [0.2, 0.25) is 0 Å². The van der Waals surface area contributed by atoms with Gasteiger partial charge in [-0.2, -0.15) is 0 Å². The van der Waals surface area contributed by atoms with Crippen LogP contribution >= 0.6 is 27.3 Å². The van der Waals surface area contributed by atoms with E-state index >= 15 is 0 Å². The Hall–Kier alpha value is -1.72. The molecule has 21 heavy (non-hydrogen) atoms. The van der Waals surface area contributed by atoms with Gasteiger partial charge >= 0.3 is 5.97 Å². The van der Waals surface area contributed by atoms with Gasteiger partial charge in [0, 0.05) is 15.4 Å². The Kier molecular flexibility index (Phi) is 5.47. The normalized spacial score (nSPS) is 10.8. The molecule has 0 aliphatic carbocycles. The summed E-state index contributed by atoms with van der Waals surface area (Å²) < 4.78 is 5.91. The van der Waals surface area contributed by atoms with E-state index in [4.69, 9.17) is 4.74 Å². The second-order valence-electron chi connectivity index (χ2n) is 4.33. The SMILES string of the molecule is Cc1ccc(C(=O)COC(=O)/C=C/c2ccc(Br)cc2)s1. The molecule has 0 unspecified atom stereocenters. The van der Waals surface area contributed by atoms with E-state index in [1.807, 2.05) is 37.3 Å². The van der Waals surface area contributed by atoms with Gasteiger partial charge in [0.1, 0.15) is 0 Å². The van der Waals surface area contributed by atoms with E-state index in [1.165, 1.54) is 17.4 Å². The smallest absolute Gasteiger partial charge is 0.331 e. The zero-order valence-electron chi connectivity index (χ0n) is 11.3. The summed E-state index contributed by atoms with van der Waals surface area (Å²) in [6.07, 6.45) is 2.96. The van der Waals surface area contributed by atoms with Crippen LogP contribution in [0.3, 0.4) is 0 Å². The topological polar surface area (TPSA) is 43.4 Å². The molecule has 2 rings (SSSR count). The standard InChI is InChI=1S/C16H13BrO3S/c1-11-2-8-15(21-11)14(18)10-20-16(19)9-5-12-3-6-13(17)7-4-12/h2-9H,10H2,1H3/b9-5+. The number of carbonyl (C=O) groups is 2. The molecule has 0 saturated heterocycles. The summed E-state index contributed by atoms with van der Waals surface area (Å²) in [5.41, 5.74) is 0.885. The quantitative estimate of drug-likeness (QED) is 0.452. The van der Waals surface area contributed by atoms with Crippen molar-refractivity contribution < 1.29 is 14.3 Å². The number of thiophene rings is 1. The minimum Gasteiger partial charge on any atom is -0.454 e. The molecular weight excluding hydrogens is 352 g/mol. The van der Waals surface area contributed by atoms with Gasteiger partial charge in [0.05, 0.1) is 4.88 Å². The number of benzene rings is 1. The molecule has 0 aliphatic heterocycles. The van der Waals surface area contributed by atoms with Gasteiger partial charge < -0.3 is 4.74 Å². The van der Waals surface area contributed by atoms with Crippen LogP contribution in [0.15, 0.2) is 46.9 Å². The molecule has 0 N–H and O–H groups in total. The number of esters is 1. The Morgan fingerprint density at radius 1 is 1.19 bits per heavy atom. The number of hydrogen-bond donors (Lipinski definition) is 0. The summed E-state index contributed by atoms with van der Waals surface area (Å²) in [4.78, 5) is 25.0. The predicted molar refractivity (Wildman–Crippen MR) is 87.5 cm³/mol. The lowest BCUT2D eigenvalue weighted by molar-refractivity contribution is -0.136. The summed E-state index contributed by atoms with van der Waals surface area (Å²) >= 11 is 4.73. The lowest BCUT2D eigenvalue weighted by atomic mass is 10.2. The van der Waals surface area contributed by atoms with Crippen molar-refractivity contribution in [2.75, 3.05) is 6.61 Å². The van der Waals surface area contributed by atoms with Gasteiger partial charge in [-0.1, -0.05) is 28.1 Å². The van der Waals surface area contributed by atoms with E-state index < -0.39 is 5.97 Å². The summed E-state index contributed by atoms with van der Waals surface area (Å²) in [5.74, 6) is -0.710. The highest BCUT2D eigenvalue weighted by Gasteiger charge is 2.10. The molecule has 2 aromatic rings. The van der Waals surface area contributed by atoms with Crippen LogP contribution in [-0.4, -0.2) is 18.4 Å². The first-order valence-electron chi connectivity index (χ1n) is 6.24. The van der Waals surface area contributed by atoms with Crippen molar-refractivity contribution in [3.05, 3.63) is 62.3 Å². The molecule has 0 amide bonds. The summed E-state index contributed by atoms with van der Waals surface area (Å²) in [6, 6.07) is 11.1.